The van der Waals surface area contributed by atoms with Gasteiger partial charge >= 0.3 is 6.18 Å². The standard InChI is InChI=1S/C36H34BrClF3N3O4S/c37-27-17-15-26(16-18-27)23-43(33(21-25-9-3-1-4-10-25)35(46)42-28-11-7-8-12-28)34(45)24-44(49(47,48)30-13-5-2-6-14-30)29-19-20-32(38)31(22-29)36(39,40)41/h1-6,9-10,13-20,22,28,33H,7-8,11-12,21,23-24H2,(H,42,46)/t33-/m0/s1. The normalized spacial score (nSPS) is 14.3. The molecule has 1 N–H and O–H groups in total. The van der Waals surface area contributed by atoms with E-state index in [1.54, 1.807) is 30.3 Å². The van der Waals surface area contributed by atoms with Gasteiger partial charge in [-0.05, 0) is 66.4 Å². The zero-order valence-corrected chi connectivity index (χ0v) is 29.4. The molecule has 1 atom stereocenters. The molecule has 4 aromatic rings. The first-order chi connectivity index (χ1) is 23.3. The molecule has 13 heteroatoms. The molecule has 7 nitrogen and oxygen atoms in total. The molecular formula is C36H34BrClF3N3O4S. The van der Waals surface area contributed by atoms with Crippen LogP contribution in [0.2, 0.25) is 5.02 Å². The minimum absolute atomic E-state index is 0.0692. The Kier molecular flexibility index (Phi) is 11.7. The van der Waals surface area contributed by atoms with Gasteiger partial charge in [-0.2, -0.15) is 13.2 Å². The minimum Gasteiger partial charge on any atom is -0.352 e. The number of hydrogen-bond acceptors (Lipinski definition) is 4. The van der Waals surface area contributed by atoms with Crippen LogP contribution in [0.4, 0.5) is 18.9 Å². The van der Waals surface area contributed by atoms with Crippen LogP contribution in [-0.4, -0.2) is 43.8 Å². The Balaban J connectivity index is 1.60. The monoisotopic (exact) mass is 775 g/mol. The highest BCUT2D eigenvalue weighted by Crippen LogP contribution is 2.38. The Bertz CT molecular complexity index is 1860. The molecule has 0 aliphatic heterocycles. The Morgan fingerprint density at radius 1 is 0.878 bits per heavy atom. The molecule has 0 aromatic heterocycles. The Labute approximate surface area is 297 Å². The van der Waals surface area contributed by atoms with Crippen molar-refractivity contribution in [1.82, 2.24) is 10.2 Å². The zero-order valence-electron chi connectivity index (χ0n) is 26.2. The van der Waals surface area contributed by atoms with Crippen molar-refractivity contribution in [2.75, 3.05) is 10.8 Å². The summed E-state index contributed by atoms with van der Waals surface area (Å²) in [6.07, 6.45) is -1.26. The first-order valence-electron chi connectivity index (χ1n) is 15.7. The van der Waals surface area contributed by atoms with Gasteiger partial charge in [0, 0.05) is 23.5 Å². The molecule has 49 heavy (non-hydrogen) atoms. The van der Waals surface area contributed by atoms with Crippen molar-refractivity contribution in [3.05, 3.63) is 129 Å². The van der Waals surface area contributed by atoms with Gasteiger partial charge in [-0.15, -0.1) is 0 Å². The van der Waals surface area contributed by atoms with E-state index in [0.29, 0.717) is 15.9 Å². The van der Waals surface area contributed by atoms with Crippen molar-refractivity contribution in [2.45, 2.75) is 61.8 Å². The number of amides is 2. The quantitative estimate of drug-likeness (QED) is 0.158. The summed E-state index contributed by atoms with van der Waals surface area (Å²) in [5.74, 6) is -1.18. The third kappa shape index (κ3) is 9.23. The molecule has 0 spiro atoms. The van der Waals surface area contributed by atoms with Gasteiger partial charge in [0.15, 0.2) is 0 Å². The van der Waals surface area contributed by atoms with E-state index in [2.05, 4.69) is 21.2 Å². The third-order valence-corrected chi connectivity index (χ3v) is 11.0. The van der Waals surface area contributed by atoms with E-state index in [0.717, 1.165) is 47.9 Å². The van der Waals surface area contributed by atoms with Crippen LogP contribution >= 0.6 is 27.5 Å². The van der Waals surface area contributed by atoms with E-state index >= 15 is 0 Å². The number of benzene rings is 4. The fraction of sp³-hybridized carbons (Fsp3) is 0.278. The molecule has 0 radical (unpaired) electrons. The molecule has 0 unspecified atom stereocenters. The molecule has 5 rings (SSSR count). The van der Waals surface area contributed by atoms with Crippen molar-refractivity contribution in [3.63, 3.8) is 0 Å². The van der Waals surface area contributed by atoms with Gasteiger partial charge in [0.25, 0.3) is 10.0 Å². The predicted octanol–water partition coefficient (Wildman–Crippen LogP) is 8.02. The third-order valence-electron chi connectivity index (χ3n) is 8.39. The fourth-order valence-corrected chi connectivity index (χ4v) is 7.76. The molecule has 258 valence electrons. The van der Waals surface area contributed by atoms with Crippen molar-refractivity contribution < 1.29 is 31.2 Å². The van der Waals surface area contributed by atoms with Crippen LogP contribution in [0.3, 0.4) is 0 Å². The summed E-state index contributed by atoms with van der Waals surface area (Å²) in [6, 6.07) is 24.9. The van der Waals surface area contributed by atoms with Gasteiger partial charge in [-0.3, -0.25) is 13.9 Å². The molecule has 1 fully saturated rings. The molecule has 0 saturated heterocycles. The summed E-state index contributed by atoms with van der Waals surface area (Å²) in [6.45, 7) is -0.968. The molecule has 0 heterocycles. The van der Waals surface area contributed by atoms with Gasteiger partial charge in [0.1, 0.15) is 12.6 Å². The van der Waals surface area contributed by atoms with E-state index in [9.17, 15) is 31.2 Å². The van der Waals surface area contributed by atoms with Crippen LogP contribution in [0.1, 0.15) is 42.4 Å². The summed E-state index contributed by atoms with van der Waals surface area (Å²) in [7, 11) is -4.59. The average molecular weight is 777 g/mol. The maximum Gasteiger partial charge on any atom is 0.417 e. The number of anilines is 1. The highest BCUT2D eigenvalue weighted by molar-refractivity contribution is 9.10. The number of nitrogens with one attached hydrogen (secondary N) is 1. The maximum atomic E-state index is 14.6. The lowest BCUT2D eigenvalue weighted by Gasteiger charge is -2.34. The van der Waals surface area contributed by atoms with Crippen LogP contribution in [0.25, 0.3) is 0 Å². The van der Waals surface area contributed by atoms with Crippen molar-refractivity contribution in [2.24, 2.45) is 0 Å². The summed E-state index contributed by atoms with van der Waals surface area (Å²) in [5.41, 5.74) is -0.236. The lowest BCUT2D eigenvalue weighted by atomic mass is 10.0. The van der Waals surface area contributed by atoms with Gasteiger partial charge < -0.3 is 10.2 Å². The molecule has 2 amide bonds. The highest BCUT2D eigenvalue weighted by Gasteiger charge is 2.38. The second-order valence-corrected chi connectivity index (χ2v) is 15.0. The SMILES string of the molecule is O=C(NC1CCCC1)[C@H](Cc1ccccc1)N(Cc1ccc(Br)cc1)C(=O)CN(c1ccc(Cl)c(C(F)(F)F)c1)S(=O)(=O)c1ccccc1. The largest absolute Gasteiger partial charge is 0.417 e. The summed E-state index contributed by atoms with van der Waals surface area (Å²) in [4.78, 5) is 29.7. The van der Waals surface area contributed by atoms with E-state index in [1.807, 2.05) is 30.3 Å². The molecular weight excluding hydrogens is 743 g/mol. The number of carbonyl (C=O) groups excluding carboxylic acids is 2. The average Bonchev–Trinajstić information content (AvgIpc) is 3.59. The van der Waals surface area contributed by atoms with E-state index < -0.39 is 56.9 Å². The number of halogens is 5. The summed E-state index contributed by atoms with van der Waals surface area (Å²) >= 11 is 9.29. The van der Waals surface area contributed by atoms with Crippen molar-refractivity contribution in [3.8, 4) is 0 Å². The summed E-state index contributed by atoms with van der Waals surface area (Å²) < 4.78 is 71.6. The molecule has 1 saturated carbocycles. The smallest absolute Gasteiger partial charge is 0.352 e. The number of alkyl halides is 3. The number of carbonyl (C=O) groups is 2. The Morgan fingerprint density at radius 2 is 1.49 bits per heavy atom. The maximum absolute atomic E-state index is 14.6. The van der Waals surface area contributed by atoms with Crippen LogP contribution in [0, 0.1) is 0 Å². The van der Waals surface area contributed by atoms with Gasteiger partial charge in [0.2, 0.25) is 11.8 Å². The van der Waals surface area contributed by atoms with E-state index in [4.69, 9.17) is 11.6 Å². The topological polar surface area (TPSA) is 86.8 Å². The van der Waals surface area contributed by atoms with Gasteiger partial charge in [0.05, 0.1) is 21.2 Å². The van der Waals surface area contributed by atoms with Crippen molar-refractivity contribution in [1.29, 1.82) is 0 Å². The van der Waals surface area contributed by atoms with Gasteiger partial charge in [-0.25, -0.2) is 8.42 Å². The number of rotatable bonds is 12. The van der Waals surface area contributed by atoms with Crippen LogP contribution in [-0.2, 0) is 38.8 Å². The van der Waals surface area contributed by atoms with E-state index in [1.165, 1.54) is 29.2 Å². The second kappa shape index (κ2) is 15.8. The molecule has 1 aliphatic carbocycles. The van der Waals surface area contributed by atoms with Crippen LogP contribution in [0.15, 0.2) is 112 Å². The van der Waals surface area contributed by atoms with Crippen LogP contribution < -0.4 is 9.62 Å². The van der Waals surface area contributed by atoms with Crippen LogP contribution in [0.5, 0.6) is 0 Å². The Hall–Kier alpha value is -3.87. The highest BCUT2D eigenvalue weighted by atomic mass is 79.9. The first kappa shape index (κ1) is 36.4. The Morgan fingerprint density at radius 3 is 2.10 bits per heavy atom. The molecule has 4 aromatic carbocycles. The number of nitrogens with zero attached hydrogens (tertiary/aromatic N) is 2. The van der Waals surface area contributed by atoms with Crippen molar-refractivity contribution >= 4 is 55.1 Å². The predicted molar refractivity (Wildman–Crippen MR) is 186 cm³/mol. The number of hydrogen-bond donors (Lipinski definition) is 1. The minimum atomic E-state index is -4.90. The lowest BCUT2D eigenvalue weighted by Crippen LogP contribution is -2.54. The van der Waals surface area contributed by atoms with Gasteiger partial charge in [-0.1, -0.05) is 101 Å². The molecule has 1 aliphatic rings. The first-order valence-corrected chi connectivity index (χ1v) is 18.3. The summed E-state index contributed by atoms with van der Waals surface area (Å²) in [5, 5.41) is 2.47. The molecule has 0 bridgehead atoms. The second-order valence-electron chi connectivity index (χ2n) is 11.8. The zero-order chi connectivity index (χ0) is 35.2. The fourth-order valence-electron chi connectivity index (χ4n) is 5.84. The number of sulfonamides is 1. The lowest BCUT2D eigenvalue weighted by molar-refractivity contribution is -0.140. The van der Waals surface area contributed by atoms with E-state index in [-0.39, 0.29) is 23.9 Å².